The minimum atomic E-state index is -3.36. The molecule has 5 heterocycles. The summed E-state index contributed by atoms with van der Waals surface area (Å²) in [6, 6.07) is 0. The molecule has 29 nitrogen and oxygen atoms in total. The van der Waals surface area contributed by atoms with Crippen LogP contribution in [0.2, 0.25) is 0 Å². The van der Waals surface area contributed by atoms with Crippen molar-refractivity contribution in [3.63, 3.8) is 0 Å². The fraction of sp³-hybridized carbons (Fsp3) is 0.934. The number of allylic oxidation sites excluding steroid dienone is 2. The molecule has 0 amide bonds. The van der Waals surface area contributed by atoms with Crippen LogP contribution in [-0.2, 0) is 61.7 Å². The second-order valence-electron chi connectivity index (χ2n) is 29.4. The molecule has 0 aromatic heterocycles. The molecule has 16 N–H and O–H groups in total. The molecule has 0 aromatic rings. The second-order valence-corrected chi connectivity index (χ2v) is 29.4. The highest BCUT2D eigenvalue weighted by molar-refractivity contribution is 5.74. The van der Waals surface area contributed by atoms with Gasteiger partial charge in [0.25, 0.3) is 0 Å². The van der Waals surface area contributed by atoms with Gasteiger partial charge in [0.1, 0.15) is 92.1 Å². The molecule has 0 spiro atoms. The van der Waals surface area contributed by atoms with E-state index in [1.807, 2.05) is 20.8 Å². The van der Waals surface area contributed by atoms with Crippen LogP contribution < -0.4 is 0 Å². The van der Waals surface area contributed by atoms with Crippen molar-refractivity contribution >= 4 is 11.9 Å². The van der Waals surface area contributed by atoms with Crippen LogP contribution in [0, 0.1) is 56.7 Å². The molecule has 10 aliphatic rings. The van der Waals surface area contributed by atoms with Crippen LogP contribution in [0.5, 0.6) is 0 Å². The lowest BCUT2D eigenvalue weighted by Gasteiger charge is -2.72. The highest BCUT2D eigenvalue weighted by Crippen LogP contribution is 2.76. The Balaban J connectivity index is 0.835. The van der Waals surface area contributed by atoms with Crippen molar-refractivity contribution in [1.29, 1.82) is 0 Å². The molecular weight excluding hydrogens is 1200 g/mol. The largest absolute Gasteiger partial charge is 0.463 e. The molecule has 5 saturated heterocycles. The monoisotopic (exact) mass is 1290 g/mol. The highest BCUT2D eigenvalue weighted by Gasteiger charge is 2.71. The average Bonchev–Trinajstić information content (AvgIpc) is 0.681. The first-order chi connectivity index (χ1) is 41.9. The van der Waals surface area contributed by atoms with Crippen LogP contribution in [0.15, 0.2) is 11.6 Å². The third kappa shape index (κ3) is 11.9. The maximum absolute atomic E-state index is 14.9. The van der Waals surface area contributed by atoms with Crippen molar-refractivity contribution < 1.29 is 143 Å². The minimum Gasteiger partial charge on any atom is -0.463 e. The summed E-state index contributed by atoms with van der Waals surface area (Å²) in [6.07, 6.45) is -29.2. The first-order valence-corrected chi connectivity index (χ1v) is 31.8. The smallest absolute Gasteiger partial charge is 0.357 e. The third-order valence-corrected chi connectivity index (χ3v) is 23.4. The summed E-state index contributed by atoms with van der Waals surface area (Å²) in [5.74, 6) is -12.4. The number of carbonyl (C=O) groups excluding carboxylic acids is 2. The summed E-state index contributed by atoms with van der Waals surface area (Å²) in [6.45, 7) is 14.1. The van der Waals surface area contributed by atoms with Gasteiger partial charge in [-0.2, -0.15) is 0 Å². The number of rotatable bonds is 14. The molecule has 29 heteroatoms. The maximum atomic E-state index is 14.9. The molecule has 9 fully saturated rings. The Bertz CT molecular complexity index is 2600. The van der Waals surface area contributed by atoms with E-state index in [0.29, 0.717) is 32.1 Å². The number of aliphatic hydroxyl groups excluding tert-OH is 14. The Morgan fingerprint density at radius 2 is 1.27 bits per heavy atom. The molecule has 9 unspecified atom stereocenters. The first kappa shape index (κ1) is 70.5. The molecule has 0 radical (unpaired) electrons. The van der Waals surface area contributed by atoms with Crippen LogP contribution in [0.3, 0.4) is 0 Å². The fourth-order valence-corrected chi connectivity index (χ4v) is 18.2. The van der Waals surface area contributed by atoms with Crippen molar-refractivity contribution in [3.05, 3.63) is 11.6 Å². The topological polar surface area (TPSA) is 459 Å². The van der Waals surface area contributed by atoms with Crippen LogP contribution >= 0.6 is 0 Å². The van der Waals surface area contributed by atoms with Gasteiger partial charge in [0.2, 0.25) is 0 Å². The van der Waals surface area contributed by atoms with Gasteiger partial charge < -0.3 is 134 Å². The van der Waals surface area contributed by atoms with E-state index in [4.69, 9.17) is 52.1 Å². The van der Waals surface area contributed by atoms with Gasteiger partial charge in [-0.25, -0.2) is 0 Å². The predicted molar refractivity (Wildman–Crippen MR) is 300 cm³/mol. The standard InChI is InChI=1S/C61H98O29/c1-25-39(65)43(69)46(72)53(83-25)84-48-35(22-81-27(3)63)87-59(78,50(75)47(48)73)82-23-34-42(68)45(71)49(74)60(79,86-34)90-52(77)30-19-54(4,5)18-29-28(30)12-16-57(8)31(29)10-11-37-55(6)15-14-38(56(7,24-62)36(55)13-17-58(37,57)9)89-61(51(76)44(70)40(66)26(2)85-61)88-33-21-80-20-32(64)41(33)67/h18,25-26,28,30-51,53,62,64-76,78-79H,10-17,19-24H2,1-9H3/t25-,26-,28?,30-,31-,32-,33-,34?,35?,36?,37?,38+,39-,40-,41-,42-,43+,44+,45?,46+,47?,48-,49+,50+,51+,53?,55+,56+,57-,58-,59+,60-,61?/m1/s1. The van der Waals surface area contributed by atoms with E-state index >= 15 is 0 Å². The number of esters is 2. The average molecular weight is 1300 g/mol. The Morgan fingerprint density at radius 3 is 1.94 bits per heavy atom. The molecule has 33 atom stereocenters. The summed E-state index contributed by atoms with van der Waals surface area (Å²) < 4.78 is 63.5. The Hall–Kier alpha value is -2.32. The molecular formula is C61H98O29. The van der Waals surface area contributed by atoms with Crippen molar-refractivity contribution in [2.45, 2.75) is 266 Å². The lowest BCUT2D eigenvalue weighted by Crippen LogP contribution is -2.71. The lowest BCUT2D eigenvalue weighted by molar-refractivity contribution is -0.491. The Morgan fingerprint density at radius 1 is 0.622 bits per heavy atom. The SMILES string of the molecule is CC(=O)OCC1O[C@@](O)(OCC2O[C@@](O)(OC(=O)[C@@H]3CC(C)(C)C=C4C3CC[C@]3(C)[C@@H]4CCC4[C@@]5(C)CC[C@H](OC6(O[C@@H]7COC[C@@H](O)[C@H]7O)O[C@H](C)[C@@H](O)[C@H](O)[C@@H]6O)[C@@](C)(CO)C5CC[C@]43C)[C@@H](O)C(O)[C@@H]2O)[C@@H](O)C(O)[C@@H]1OC1O[C@H](C)[C@@H](O)[C@H](O)[C@@H]1O. The van der Waals surface area contributed by atoms with E-state index in [1.54, 1.807) is 0 Å². The first-order valence-electron chi connectivity index (χ1n) is 31.8. The minimum absolute atomic E-state index is 0.0344. The van der Waals surface area contributed by atoms with Crippen LogP contribution in [0.1, 0.15) is 120 Å². The van der Waals surface area contributed by atoms with Crippen LogP contribution in [-0.4, -0.2) is 273 Å². The predicted octanol–water partition coefficient (Wildman–Crippen LogP) is -3.48. The second kappa shape index (κ2) is 25.3. The Labute approximate surface area is 521 Å². The van der Waals surface area contributed by atoms with Gasteiger partial charge in [-0.05, 0) is 117 Å². The number of carbonyl (C=O) groups is 2. The van der Waals surface area contributed by atoms with Gasteiger partial charge in [-0.3, -0.25) is 9.59 Å². The quantitative estimate of drug-likeness (QED) is 0.0348. The highest BCUT2D eigenvalue weighted by atomic mass is 16.9. The maximum Gasteiger partial charge on any atom is 0.357 e. The van der Waals surface area contributed by atoms with Crippen LogP contribution in [0.25, 0.3) is 0 Å². The number of fused-ring (bicyclic) bond motifs is 7. The van der Waals surface area contributed by atoms with E-state index in [2.05, 4.69) is 26.8 Å². The van der Waals surface area contributed by atoms with E-state index in [-0.39, 0.29) is 60.2 Å². The van der Waals surface area contributed by atoms with Gasteiger partial charge in [-0.15, -0.1) is 0 Å². The Kier molecular flexibility index (Phi) is 19.8. The summed E-state index contributed by atoms with van der Waals surface area (Å²) in [5, 5.41) is 178. The molecule has 5 aliphatic carbocycles. The van der Waals surface area contributed by atoms with Crippen molar-refractivity contribution in [1.82, 2.24) is 0 Å². The van der Waals surface area contributed by atoms with Gasteiger partial charge >= 0.3 is 29.9 Å². The number of hydrogen-bond donors (Lipinski definition) is 16. The van der Waals surface area contributed by atoms with Crippen molar-refractivity contribution in [2.24, 2.45) is 56.7 Å². The lowest BCUT2D eigenvalue weighted by atomic mass is 9.33. The summed E-state index contributed by atoms with van der Waals surface area (Å²) >= 11 is 0. The molecule has 5 aliphatic heterocycles. The summed E-state index contributed by atoms with van der Waals surface area (Å²) in [7, 11) is 0. The van der Waals surface area contributed by atoms with Gasteiger partial charge in [-0.1, -0.05) is 53.2 Å². The molecule has 0 bridgehead atoms. The van der Waals surface area contributed by atoms with E-state index in [0.717, 1.165) is 31.8 Å². The zero-order valence-corrected chi connectivity index (χ0v) is 52.5. The van der Waals surface area contributed by atoms with Gasteiger partial charge in [0.15, 0.2) is 24.6 Å². The van der Waals surface area contributed by atoms with E-state index < -0.39 is 194 Å². The zero-order chi connectivity index (χ0) is 66.1. The summed E-state index contributed by atoms with van der Waals surface area (Å²) in [5.41, 5.74) is -1.59. The van der Waals surface area contributed by atoms with E-state index in [9.17, 15) is 91.3 Å². The molecule has 516 valence electrons. The molecule has 90 heavy (non-hydrogen) atoms. The zero-order valence-electron chi connectivity index (χ0n) is 52.5. The number of ether oxygens (including phenoxy) is 11. The number of aliphatic hydroxyl groups is 16. The van der Waals surface area contributed by atoms with Gasteiger partial charge in [0, 0.05) is 12.3 Å². The fourth-order valence-electron chi connectivity index (χ4n) is 18.2. The van der Waals surface area contributed by atoms with Crippen LogP contribution in [0.4, 0.5) is 0 Å². The third-order valence-electron chi connectivity index (χ3n) is 23.4. The normalized spacial score (nSPS) is 54.4. The molecule has 4 saturated carbocycles. The molecule has 10 rings (SSSR count). The van der Waals surface area contributed by atoms with Crippen molar-refractivity contribution in [2.75, 3.05) is 33.0 Å². The van der Waals surface area contributed by atoms with Crippen molar-refractivity contribution in [3.8, 4) is 0 Å². The summed E-state index contributed by atoms with van der Waals surface area (Å²) in [4.78, 5) is 26.8. The van der Waals surface area contributed by atoms with E-state index in [1.165, 1.54) is 13.8 Å². The number of hydrogen-bond acceptors (Lipinski definition) is 29. The van der Waals surface area contributed by atoms with Gasteiger partial charge in [0.05, 0.1) is 50.7 Å². The molecule has 0 aromatic carbocycles.